The zero-order chi connectivity index (χ0) is 17.4. The maximum absolute atomic E-state index is 9.52. The third-order valence-electron chi connectivity index (χ3n) is 5.72. The van der Waals surface area contributed by atoms with E-state index in [9.17, 15) is 10.2 Å². The molecule has 0 radical (unpaired) electrons. The van der Waals surface area contributed by atoms with Crippen molar-refractivity contribution in [1.82, 2.24) is 0 Å². The highest BCUT2D eigenvalue weighted by Gasteiger charge is 2.36. The lowest BCUT2D eigenvalue weighted by atomic mass is 9.73. The van der Waals surface area contributed by atoms with Crippen LogP contribution in [0.5, 0.6) is 0 Å². The number of unbranched alkanes of at least 4 members (excludes halogenated alkanes) is 5. The molecule has 4 N–H and O–H groups in total. The Morgan fingerprint density at radius 2 is 1.75 bits per heavy atom. The van der Waals surface area contributed by atoms with Crippen LogP contribution >= 0.6 is 0 Å². The Labute approximate surface area is 147 Å². The highest BCUT2D eigenvalue weighted by molar-refractivity contribution is 5.35. The predicted octanol–water partition coefficient (Wildman–Crippen LogP) is 3.38. The molecule has 3 nitrogen and oxygen atoms in total. The zero-order valence-corrected chi connectivity index (χ0v) is 15.3. The first-order valence-electron chi connectivity index (χ1n) is 9.74. The molecule has 2 rings (SSSR count). The second kappa shape index (κ2) is 9.55. The van der Waals surface area contributed by atoms with Crippen LogP contribution in [0.3, 0.4) is 0 Å². The van der Waals surface area contributed by atoms with Gasteiger partial charge < -0.3 is 15.9 Å². The molecule has 0 saturated carbocycles. The van der Waals surface area contributed by atoms with Crippen molar-refractivity contribution in [1.29, 1.82) is 0 Å². The van der Waals surface area contributed by atoms with Crippen LogP contribution in [-0.4, -0.2) is 29.0 Å². The molecule has 0 unspecified atom stereocenters. The van der Waals surface area contributed by atoms with E-state index in [1.54, 1.807) is 0 Å². The molecular weight excluding hydrogens is 298 g/mol. The molecular formula is C21H35NO2. The first-order valence-corrected chi connectivity index (χ1v) is 9.74. The van der Waals surface area contributed by atoms with Gasteiger partial charge in [-0.15, -0.1) is 0 Å². The van der Waals surface area contributed by atoms with E-state index in [2.05, 4.69) is 25.1 Å². The van der Waals surface area contributed by atoms with Crippen LogP contribution < -0.4 is 5.73 Å². The van der Waals surface area contributed by atoms with E-state index >= 15 is 0 Å². The molecule has 136 valence electrons. The molecule has 1 atom stereocenters. The molecule has 1 aliphatic rings. The number of hydrogen-bond donors (Lipinski definition) is 3. The Bertz CT molecular complexity index is 497. The summed E-state index contributed by atoms with van der Waals surface area (Å²) in [5.41, 5.74) is 9.55. The minimum atomic E-state index is -0.852. The molecule has 0 saturated heterocycles. The van der Waals surface area contributed by atoms with Gasteiger partial charge in [-0.1, -0.05) is 57.2 Å². The number of aryl methyl sites for hydroxylation is 2. The van der Waals surface area contributed by atoms with E-state index in [4.69, 9.17) is 5.73 Å². The van der Waals surface area contributed by atoms with Crippen molar-refractivity contribution in [3.05, 3.63) is 34.9 Å². The summed E-state index contributed by atoms with van der Waals surface area (Å²) in [6.45, 7) is 1.95. The molecule has 0 amide bonds. The molecule has 24 heavy (non-hydrogen) atoms. The average molecular weight is 334 g/mol. The van der Waals surface area contributed by atoms with Crippen molar-refractivity contribution in [3.63, 3.8) is 0 Å². The molecule has 0 bridgehead atoms. The Hall–Kier alpha value is -0.900. The number of benzene rings is 1. The maximum Gasteiger partial charge on any atom is 0.0655 e. The largest absolute Gasteiger partial charge is 0.394 e. The second-order valence-electron chi connectivity index (χ2n) is 7.61. The number of fused-ring (bicyclic) bond motifs is 1. The highest BCUT2D eigenvalue weighted by atomic mass is 16.3. The standard InChI is InChI=1S/C21H35NO2/c1-2-3-4-5-6-7-8-17-9-10-19-14-20(12-11-18(19)13-17)21(22,15-23)16-24/h9-10,13,20,23-24H,2-8,11-12,14-16,22H2,1H3/t20-/m0/s1. The third kappa shape index (κ3) is 5.05. The maximum atomic E-state index is 9.52. The van der Waals surface area contributed by atoms with Crippen molar-refractivity contribution < 1.29 is 10.2 Å². The van der Waals surface area contributed by atoms with Gasteiger partial charge in [0.2, 0.25) is 0 Å². The molecule has 3 heteroatoms. The van der Waals surface area contributed by atoms with Crippen LogP contribution in [0.25, 0.3) is 0 Å². The summed E-state index contributed by atoms with van der Waals surface area (Å²) in [6.07, 6.45) is 12.0. The van der Waals surface area contributed by atoms with Crippen LogP contribution in [0.1, 0.15) is 68.6 Å². The highest BCUT2D eigenvalue weighted by Crippen LogP contribution is 2.32. The summed E-state index contributed by atoms with van der Waals surface area (Å²) in [5.74, 6) is 0.157. The lowest BCUT2D eigenvalue weighted by Gasteiger charge is -2.37. The van der Waals surface area contributed by atoms with E-state index in [1.807, 2.05) is 0 Å². The van der Waals surface area contributed by atoms with Gasteiger partial charge in [-0.3, -0.25) is 0 Å². The van der Waals surface area contributed by atoms with Crippen molar-refractivity contribution in [2.24, 2.45) is 11.7 Å². The average Bonchev–Trinajstić information content (AvgIpc) is 2.63. The minimum Gasteiger partial charge on any atom is -0.394 e. The number of rotatable bonds is 10. The molecule has 1 aliphatic carbocycles. The van der Waals surface area contributed by atoms with E-state index < -0.39 is 5.54 Å². The first kappa shape index (κ1) is 19.4. The SMILES string of the molecule is CCCCCCCCc1ccc2c(c1)CC[C@H](C(N)(CO)CO)C2. The topological polar surface area (TPSA) is 66.5 Å². The minimum absolute atomic E-state index is 0.153. The van der Waals surface area contributed by atoms with Crippen LogP contribution in [-0.2, 0) is 19.3 Å². The summed E-state index contributed by atoms with van der Waals surface area (Å²) in [6, 6.07) is 6.86. The number of aliphatic hydroxyl groups is 2. The molecule has 0 aliphatic heterocycles. The van der Waals surface area contributed by atoms with Gasteiger partial charge in [0.1, 0.15) is 0 Å². The van der Waals surface area contributed by atoms with Gasteiger partial charge in [0, 0.05) is 0 Å². The summed E-state index contributed by atoms with van der Waals surface area (Å²) in [7, 11) is 0. The van der Waals surface area contributed by atoms with Crippen molar-refractivity contribution in [3.8, 4) is 0 Å². The van der Waals surface area contributed by atoms with Gasteiger partial charge in [0.15, 0.2) is 0 Å². The molecule has 0 fully saturated rings. The fourth-order valence-electron chi connectivity index (χ4n) is 3.87. The summed E-state index contributed by atoms with van der Waals surface area (Å²) < 4.78 is 0. The van der Waals surface area contributed by atoms with Crippen molar-refractivity contribution in [2.75, 3.05) is 13.2 Å². The normalized spacial score (nSPS) is 17.8. The Kier molecular flexibility index (Phi) is 7.73. The first-order chi connectivity index (χ1) is 11.6. The lowest BCUT2D eigenvalue weighted by Crippen LogP contribution is -2.55. The lowest BCUT2D eigenvalue weighted by molar-refractivity contribution is 0.0690. The predicted molar refractivity (Wildman–Crippen MR) is 100 cm³/mol. The van der Waals surface area contributed by atoms with Crippen molar-refractivity contribution >= 4 is 0 Å². The van der Waals surface area contributed by atoms with Crippen LogP contribution in [0.15, 0.2) is 18.2 Å². The summed E-state index contributed by atoms with van der Waals surface area (Å²) in [5, 5.41) is 19.0. The molecule has 1 aromatic rings. The third-order valence-corrected chi connectivity index (χ3v) is 5.72. The van der Waals surface area contributed by atoms with E-state index in [0.717, 1.165) is 19.3 Å². The molecule has 1 aromatic carbocycles. The fraction of sp³-hybridized carbons (Fsp3) is 0.714. The number of aliphatic hydroxyl groups excluding tert-OH is 2. The zero-order valence-electron chi connectivity index (χ0n) is 15.3. The van der Waals surface area contributed by atoms with Gasteiger partial charge in [0.05, 0.1) is 18.8 Å². The molecule has 0 heterocycles. The quantitative estimate of drug-likeness (QED) is 0.575. The van der Waals surface area contributed by atoms with Crippen molar-refractivity contribution in [2.45, 2.75) is 76.7 Å². The smallest absolute Gasteiger partial charge is 0.0655 e. The summed E-state index contributed by atoms with van der Waals surface area (Å²) >= 11 is 0. The van der Waals surface area contributed by atoms with Gasteiger partial charge in [-0.2, -0.15) is 0 Å². The van der Waals surface area contributed by atoms with Gasteiger partial charge in [0.25, 0.3) is 0 Å². The second-order valence-corrected chi connectivity index (χ2v) is 7.61. The van der Waals surface area contributed by atoms with Gasteiger partial charge in [-0.25, -0.2) is 0 Å². The number of hydrogen-bond acceptors (Lipinski definition) is 3. The van der Waals surface area contributed by atoms with Crippen LogP contribution in [0.2, 0.25) is 0 Å². The van der Waals surface area contributed by atoms with Crippen LogP contribution in [0, 0.1) is 5.92 Å². The summed E-state index contributed by atoms with van der Waals surface area (Å²) in [4.78, 5) is 0. The monoisotopic (exact) mass is 333 g/mol. The van der Waals surface area contributed by atoms with E-state index in [1.165, 1.54) is 61.6 Å². The Morgan fingerprint density at radius 1 is 1.04 bits per heavy atom. The van der Waals surface area contributed by atoms with Crippen LogP contribution in [0.4, 0.5) is 0 Å². The fourth-order valence-corrected chi connectivity index (χ4v) is 3.87. The molecule has 0 aromatic heterocycles. The Morgan fingerprint density at radius 3 is 2.46 bits per heavy atom. The van der Waals surface area contributed by atoms with Gasteiger partial charge in [-0.05, 0) is 54.7 Å². The number of nitrogens with two attached hydrogens (primary N) is 1. The Balaban J connectivity index is 1.87. The molecule has 0 spiro atoms. The van der Waals surface area contributed by atoms with Gasteiger partial charge >= 0.3 is 0 Å². The van der Waals surface area contributed by atoms with E-state index in [-0.39, 0.29) is 19.1 Å². The van der Waals surface area contributed by atoms with E-state index in [0.29, 0.717) is 0 Å².